The molecule has 0 N–H and O–H groups in total. The van der Waals surface area contributed by atoms with Gasteiger partial charge in [-0.3, -0.25) is 14.5 Å². The third-order valence-electron chi connectivity index (χ3n) is 4.84. The van der Waals surface area contributed by atoms with Crippen molar-refractivity contribution >= 4 is 17.5 Å². The second kappa shape index (κ2) is 4.01. The van der Waals surface area contributed by atoms with Gasteiger partial charge in [0.2, 0.25) is 11.8 Å². The summed E-state index contributed by atoms with van der Waals surface area (Å²) in [6.45, 7) is 0. The average Bonchev–Trinajstić information content (AvgIpc) is 2.76. The van der Waals surface area contributed by atoms with Gasteiger partial charge in [0, 0.05) is 0 Å². The van der Waals surface area contributed by atoms with Crippen LogP contribution in [0.1, 0.15) is 12.8 Å². The molecule has 20 heavy (non-hydrogen) atoms. The first-order valence-corrected chi connectivity index (χ1v) is 6.98. The molecule has 1 heterocycles. The molecule has 3 nitrogen and oxygen atoms in total. The number of nitrogens with zero attached hydrogens (tertiary/aromatic N) is 1. The van der Waals surface area contributed by atoms with Gasteiger partial charge < -0.3 is 0 Å². The van der Waals surface area contributed by atoms with Crippen LogP contribution in [0.25, 0.3) is 0 Å². The summed E-state index contributed by atoms with van der Waals surface area (Å²) in [5.41, 5.74) is 0.482. The van der Waals surface area contributed by atoms with Gasteiger partial charge in [-0.2, -0.15) is 0 Å². The van der Waals surface area contributed by atoms with Crippen LogP contribution in [0.5, 0.6) is 0 Å². The van der Waals surface area contributed by atoms with Crippen molar-refractivity contribution in [2.24, 2.45) is 23.7 Å². The number of carbonyl (C=O) groups is 2. The SMILES string of the molecule is O=C1C2C3C=CC(CC3)C2C(=O)N1c1ccc(F)cc1. The Kier molecular flexibility index (Phi) is 2.37. The molecule has 2 amide bonds. The van der Waals surface area contributed by atoms with Crippen molar-refractivity contribution in [2.75, 3.05) is 4.90 Å². The molecule has 0 radical (unpaired) electrons. The summed E-state index contributed by atoms with van der Waals surface area (Å²) in [5, 5.41) is 0. The number of benzene rings is 1. The normalized spacial score (nSPS) is 34.8. The Morgan fingerprint density at radius 2 is 1.40 bits per heavy atom. The lowest BCUT2D eigenvalue weighted by Crippen LogP contribution is -2.38. The zero-order valence-electron chi connectivity index (χ0n) is 10.8. The molecule has 102 valence electrons. The maximum atomic E-state index is 13.0. The largest absolute Gasteiger partial charge is 0.274 e. The minimum atomic E-state index is -0.369. The third kappa shape index (κ3) is 1.45. The highest BCUT2D eigenvalue weighted by molar-refractivity contribution is 6.22. The van der Waals surface area contributed by atoms with Crippen LogP contribution in [0.15, 0.2) is 36.4 Å². The fourth-order valence-electron chi connectivity index (χ4n) is 3.92. The first-order valence-electron chi connectivity index (χ1n) is 6.98. The lowest BCUT2D eigenvalue weighted by molar-refractivity contribution is -0.124. The van der Waals surface area contributed by atoms with E-state index in [1.54, 1.807) is 0 Å². The van der Waals surface area contributed by atoms with Crippen LogP contribution in [0, 0.1) is 29.5 Å². The number of hydrogen-bond acceptors (Lipinski definition) is 2. The summed E-state index contributed by atoms with van der Waals surface area (Å²) < 4.78 is 13.0. The molecule has 0 aromatic heterocycles. The standard InChI is InChI=1S/C16H14FNO2/c17-11-5-7-12(8-6-11)18-15(19)13-9-1-2-10(4-3-9)14(13)16(18)20/h1-2,5-10,13-14H,3-4H2. The van der Waals surface area contributed by atoms with E-state index in [9.17, 15) is 14.0 Å². The molecule has 3 aliphatic carbocycles. The van der Waals surface area contributed by atoms with Gasteiger partial charge in [0.05, 0.1) is 17.5 Å². The predicted molar refractivity (Wildman–Crippen MR) is 71.2 cm³/mol. The summed E-state index contributed by atoms with van der Waals surface area (Å²) in [7, 11) is 0. The number of imide groups is 1. The first-order chi connectivity index (χ1) is 9.66. The minimum absolute atomic E-state index is 0.120. The van der Waals surface area contributed by atoms with Crippen molar-refractivity contribution in [3.05, 3.63) is 42.2 Å². The van der Waals surface area contributed by atoms with Crippen LogP contribution >= 0.6 is 0 Å². The molecule has 0 spiro atoms. The molecule has 1 aromatic rings. The predicted octanol–water partition coefficient (Wildman–Crippen LogP) is 2.53. The van der Waals surface area contributed by atoms with Crippen molar-refractivity contribution in [1.82, 2.24) is 0 Å². The molecular formula is C16H14FNO2. The van der Waals surface area contributed by atoms with Crippen LogP contribution in [-0.4, -0.2) is 11.8 Å². The van der Waals surface area contributed by atoms with E-state index in [4.69, 9.17) is 0 Å². The Bertz CT molecular complexity index is 590. The van der Waals surface area contributed by atoms with Crippen LogP contribution in [-0.2, 0) is 9.59 Å². The van der Waals surface area contributed by atoms with E-state index in [1.807, 2.05) is 0 Å². The number of fused-ring (bicyclic) bond motifs is 1. The molecular weight excluding hydrogens is 257 g/mol. The van der Waals surface area contributed by atoms with E-state index in [0.29, 0.717) is 5.69 Å². The van der Waals surface area contributed by atoms with Crippen molar-refractivity contribution in [3.8, 4) is 0 Å². The number of anilines is 1. The first kappa shape index (κ1) is 11.8. The molecule has 2 bridgehead atoms. The monoisotopic (exact) mass is 271 g/mol. The topological polar surface area (TPSA) is 37.4 Å². The maximum absolute atomic E-state index is 13.0. The summed E-state index contributed by atoms with van der Waals surface area (Å²) in [6, 6.07) is 5.56. The molecule has 1 saturated heterocycles. The highest BCUT2D eigenvalue weighted by atomic mass is 19.1. The summed E-state index contributed by atoms with van der Waals surface area (Å²) in [6.07, 6.45) is 6.15. The maximum Gasteiger partial charge on any atom is 0.238 e. The van der Waals surface area contributed by atoms with Crippen LogP contribution in [0.2, 0.25) is 0 Å². The van der Waals surface area contributed by atoms with Gasteiger partial charge >= 0.3 is 0 Å². The zero-order valence-corrected chi connectivity index (χ0v) is 10.8. The molecule has 4 unspecified atom stereocenters. The fraction of sp³-hybridized carbons (Fsp3) is 0.375. The van der Waals surface area contributed by atoms with E-state index >= 15 is 0 Å². The van der Waals surface area contributed by atoms with Gasteiger partial charge in [-0.1, -0.05) is 12.2 Å². The summed E-state index contributed by atoms with van der Waals surface area (Å²) in [5.74, 6) is -0.658. The van der Waals surface area contributed by atoms with E-state index in [2.05, 4.69) is 12.2 Å². The molecule has 1 aliphatic heterocycles. The van der Waals surface area contributed by atoms with Gasteiger partial charge in [-0.15, -0.1) is 0 Å². The van der Waals surface area contributed by atoms with Gasteiger partial charge in [0.1, 0.15) is 5.82 Å². The van der Waals surface area contributed by atoms with Crippen LogP contribution in [0.3, 0.4) is 0 Å². The number of halogens is 1. The number of amides is 2. The van der Waals surface area contributed by atoms with E-state index in [0.717, 1.165) is 12.8 Å². The van der Waals surface area contributed by atoms with Gasteiger partial charge in [0.15, 0.2) is 0 Å². The highest BCUT2D eigenvalue weighted by Gasteiger charge is 2.56. The van der Waals surface area contributed by atoms with Crippen molar-refractivity contribution in [2.45, 2.75) is 12.8 Å². The van der Waals surface area contributed by atoms with E-state index < -0.39 is 0 Å². The number of carbonyl (C=O) groups excluding carboxylic acids is 2. The van der Waals surface area contributed by atoms with E-state index in [1.165, 1.54) is 29.2 Å². The minimum Gasteiger partial charge on any atom is -0.274 e. The smallest absolute Gasteiger partial charge is 0.238 e. The van der Waals surface area contributed by atoms with Crippen molar-refractivity contribution < 1.29 is 14.0 Å². The molecule has 2 fully saturated rings. The van der Waals surface area contributed by atoms with Gasteiger partial charge in [-0.25, -0.2) is 4.39 Å². The van der Waals surface area contributed by atoms with Crippen LogP contribution < -0.4 is 4.90 Å². The molecule has 1 saturated carbocycles. The number of hydrogen-bond donors (Lipinski definition) is 0. The van der Waals surface area contributed by atoms with Crippen molar-refractivity contribution in [3.63, 3.8) is 0 Å². The molecule has 5 rings (SSSR count). The van der Waals surface area contributed by atoms with E-state index in [-0.39, 0.29) is 41.3 Å². The Balaban J connectivity index is 1.75. The third-order valence-corrected chi connectivity index (χ3v) is 4.84. The fourth-order valence-corrected chi connectivity index (χ4v) is 3.92. The Morgan fingerprint density at radius 3 is 1.85 bits per heavy atom. The Morgan fingerprint density at radius 1 is 0.900 bits per heavy atom. The molecule has 1 aromatic carbocycles. The highest BCUT2D eigenvalue weighted by Crippen LogP contribution is 2.50. The van der Waals surface area contributed by atoms with Gasteiger partial charge in [-0.05, 0) is 48.9 Å². The molecule has 4 aliphatic rings. The second-order valence-electron chi connectivity index (χ2n) is 5.83. The molecule has 4 heteroatoms. The Labute approximate surface area is 116 Å². The second-order valence-corrected chi connectivity index (χ2v) is 5.83. The van der Waals surface area contributed by atoms with Crippen LogP contribution in [0.4, 0.5) is 10.1 Å². The average molecular weight is 271 g/mol. The lowest BCUT2D eigenvalue weighted by Gasteiger charge is -2.38. The lowest BCUT2D eigenvalue weighted by atomic mass is 9.63. The molecule has 4 atom stereocenters. The number of allylic oxidation sites excluding steroid dienone is 2. The van der Waals surface area contributed by atoms with Gasteiger partial charge in [0.25, 0.3) is 0 Å². The summed E-state index contributed by atoms with van der Waals surface area (Å²) >= 11 is 0. The summed E-state index contributed by atoms with van der Waals surface area (Å²) in [4.78, 5) is 26.5. The van der Waals surface area contributed by atoms with Crippen molar-refractivity contribution in [1.29, 1.82) is 0 Å². The quantitative estimate of drug-likeness (QED) is 0.581. The zero-order chi connectivity index (χ0) is 13.9. The Hall–Kier alpha value is -1.97. The number of rotatable bonds is 1.